The number of ether oxygens (including phenoxy) is 1. The van der Waals surface area contributed by atoms with Crippen LogP contribution in [0.2, 0.25) is 8.67 Å². The number of hydrogen-bond donors (Lipinski definition) is 1. The molecule has 8 heteroatoms. The number of aliphatic carboxylic acids is 1. The molecule has 0 radical (unpaired) electrons. The zero-order chi connectivity index (χ0) is 17.0. The van der Waals surface area contributed by atoms with Gasteiger partial charge in [0.15, 0.2) is 0 Å². The van der Waals surface area contributed by atoms with Crippen molar-refractivity contribution in [1.82, 2.24) is 4.90 Å². The van der Waals surface area contributed by atoms with Crippen LogP contribution in [0.5, 0.6) is 0 Å². The van der Waals surface area contributed by atoms with Gasteiger partial charge in [-0.2, -0.15) is 0 Å². The summed E-state index contributed by atoms with van der Waals surface area (Å²) in [6.07, 6.45) is 2.13. The number of carbonyl (C=O) groups excluding carboxylic acids is 1. The number of carbonyl (C=O) groups is 2. The standard InChI is InChI=1S/C15H19Cl2NO4S/c1-22-11-6-10(7-14(20)21)18(8-11)13(19)4-2-3-9-5-12(16)23-15(9)17/h5,10-11H,2-4,6-8H2,1H3,(H,20,21). The van der Waals surface area contributed by atoms with Gasteiger partial charge in [0.05, 0.1) is 21.2 Å². The lowest BCUT2D eigenvalue weighted by Gasteiger charge is -2.23. The zero-order valence-corrected chi connectivity index (χ0v) is 15.1. The van der Waals surface area contributed by atoms with Crippen LogP contribution < -0.4 is 0 Å². The first-order valence-corrected chi connectivity index (χ1v) is 8.95. The minimum Gasteiger partial charge on any atom is -0.481 e. The second kappa shape index (κ2) is 8.33. The maximum Gasteiger partial charge on any atom is 0.305 e. The molecule has 1 aliphatic rings. The lowest BCUT2D eigenvalue weighted by atomic mass is 10.1. The topological polar surface area (TPSA) is 66.8 Å². The number of aryl methyl sites for hydroxylation is 1. The number of nitrogens with zero attached hydrogens (tertiary/aromatic N) is 1. The highest BCUT2D eigenvalue weighted by atomic mass is 35.5. The summed E-state index contributed by atoms with van der Waals surface area (Å²) in [5, 5.41) is 8.99. The van der Waals surface area contributed by atoms with E-state index in [1.54, 1.807) is 12.0 Å². The van der Waals surface area contributed by atoms with Gasteiger partial charge in [0, 0.05) is 26.1 Å². The Bertz CT molecular complexity index is 578. The zero-order valence-electron chi connectivity index (χ0n) is 12.8. The fraction of sp³-hybridized carbons (Fsp3) is 0.600. The molecular weight excluding hydrogens is 361 g/mol. The summed E-state index contributed by atoms with van der Waals surface area (Å²) in [7, 11) is 1.58. The SMILES string of the molecule is COC1CC(CC(=O)O)N(C(=O)CCCc2cc(Cl)sc2Cl)C1. The summed E-state index contributed by atoms with van der Waals surface area (Å²) in [5.74, 6) is -0.933. The van der Waals surface area contributed by atoms with Gasteiger partial charge >= 0.3 is 5.97 Å². The molecule has 2 unspecified atom stereocenters. The van der Waals surface area contributed by atoms with Crippen LogP contribution in [-0.2, 0) is 20.7 Å². The van der Waals surface area contributed by atoms with Crippen molar-refractivity contribution in [3.8, 4) is 0 Å². The highest BCUT2D eigenvalue weighted by Gasteiger charge is 2.36. The molecule has 1 amide bonds. The summed E-state index contributed by atoms with van der Waals surface area (Å²) in [6.45, 7) is 0.457. The van der Waals surface area contributed by atoms with Crippen LogP contribution in [0.4, 0.5) is 0 Å². The fourth-order valence-electron chi connectivity index (χ4n) is 2.86. The minimum atomic E-state index is -0.899. The Labute approximate surface area is 149 Å². The van der Waals surface area contributed by atoms with E-state index in [-0.39, 0.29) is 24.5 Å². The smallest absolute Gasteiger partial charge is 0.305 e. The summed E-state index contributed by atoms with van der Waals surface area (Å²) in [4.78, 5) is 25.0. The molecule has 1 aromatic heterocycles. The molecule has 1 fully saturated rings. The lowest BCUT2D eigenvalue weighted by molar-refractivity contribution is -0.139. The molecule has 5 nitrogen and oxygen atoms in total. The molecule has 0 bridgehead atoms. The molecular formula is C15H19Cl2NO4S. The van der Waals surface area contributed by atoms with Crippen LogP contribution in [0, 0.1) is 0 Å². The monoisotopic (exact) mass is 379 g/mol. The van der Waals surface area contributed by atoms with Crippen molar-refractivity contribution in [3.63, 3.8) is 0 Å². The van der Waals surface area contributed by atoms with E-state index in [4.69, 9.17) is 33.0 Å². The third kappa shape index (κ3) is 5.08. The third-order valence-electron chi connectivity index (χ3n) is 4.00. The van der Waals surface area contributed by atoms with Gasteiger partial charge in [-0.25, -0.2) is 0 Å². The second-order valence-electron chi connectivity index (χ2n) is 5.59. The van der Waals surface area contributed by atoms with E-state index >= 15 is 0 Å². The third-order valence-corrected chi connectivity index (χ3v) is 5.57. The van der Waals surface area contributed by atoms with E-state index < -0.39 is 5.97 Å². The number of carboxylic acids is 1. The van der Waals surface area contributed by atoms with Gasteiger partial charge in [-0.1, -0.05) is 23.2 Å². The van der Waals surface area contributed by atoms with E-state index in [0.29, 0.717) is 40.9 Å². The highest BCUT2D eigenvalue weighted by Crippen LogP contribution is 2.32. The molecule has 128 valence electrons. The molecule has 1 aliphatic heterocycles. The number of hydrogen-bond acceptors (Lipinski definition) is 4. The van der Waals surface area contributed by atoms with E-state index in [2.05, 4.69) is 0 Å². The summed E-state index contributed by atoms with van der Waals surface area (Å²) >= 11 is 13.3. The number of carboxylic acid groups (broad SMARTS) is 1. The largest absolute Gasteiger partial charge is 0.481 e. The summed E-state index contributed by atoms with van der Waals surface area (Å²) < 4.78 is 6.58. The number of likely N-dealkylation sites (tertiary alicyclic amines) is 1. The Morgan fingerprint density at radius 3 is 2.78 bits per heavy atom. The minimum absolute atomic E-state index is 0.0340. The number of thiophene rings is 1. The van der Waals surface area contributed by atoms with E-state index in [9.17, 15) is 9.59 Å². The van der Waals surface area contributed by atoms with Crippen molar-refractivity contribution in [2.75, 3.05) is 13.7 Å². The molecule has 2 heterocycles. The number of methoxy groups -OCH3 is 1. The predicted octanol–water partition coefficient (Wildman–Crippen LogP) is 3.47. The fourth-order valence-corrected chi connectivity index (χ4v) is 4.41. The number of amides is 1. The normalized spacial score (nSPS) is 20.9. The van der Waals surface area contributed by atoms with Gasteiger partial charge in [-0.3, -0.25) is 9.59 Å². The van der Waals surface area contributed by atoms with Gasteiger partial charge in [0.25, 0.3) is 0 Å². The van der Waals surface area contributed by atoms with Crippen molar-refractivity contribution in [2.45, 2.75) is 44.2 Å². The summed E-state index contributed by atoms with van der Waals surface area (Å²) in [5.41, 5.74) is 0.952. The van der Waals surface area contributed by atoms with Crippen LogP contribution in [0.15, 0.2) is 6.07 Å². The first kappa shape index (κ1) is 18.5. The molecule has 23 heavy (non-hydrogen) atoms. The van der Waals surface area contributed by atoms with Gasteiger partial charge < -0.3 is 14.7 Å². The molecule has 1 saturated heterocycles. The molecule has 2 rings (SSSR count). The number of rotatable bonds is 7. The van der Waals surface area contributed by atoms with Crippen LogP contribution >= 0.6 is 34.5 Å². The molecule has 1 N–H and O–H groups in total. The Balaban J connectivity index is 1.88. The van der Waals surface area contributed by atoms with Crippen LogP contribution in [-0.4, -0.2) is 47.7 Å². The Hall–Kier alpha value is -0.820. The highest BCUT2D eigenvalue weighted by molar-refractivity contribution is 7.20. The lowest BCUT2D eigenvalue weighted by Crippen LogP contribution is -2.37. The van der Waals surface area contributed by atoms with Crippen LogP contribution in [0.3, 0.4) is 0 Å². The van der Waals surface area contributed by atoms with Gasteiger partial charge in [-0.05, 0) is 30.9 Å². The van der Waals surface area contributed by atoms with Gasteiger partial charge in [0.2, 0.25) is 5.91 Å². The van der Waals surface area contributed by atoms with E-state index in [1.165, 1.54) is 11.3 Å². The quantitative estimate of drug-likeness (QED) is 0.787. The van der Waals surface area contributed by atoms with Gasteiger partial charge in [0.1, 0.15) is 0 Å². The van der Waals surface area contributed by atoms with Crippen LogP contribution in [0.1, 0.15) is 31.2 Å². The van der Waals surface area contributed by atoms with Crippen LogP contribution in [0.25, 0.3) is 0 Å². The molecule has 1 aromatic rings. The van der Waals surface area contributed by atoms with Crippen molar-refractivity contribution in [3.05, 3.63) is 20.3 Å². The second-order valence-corrected chi connectivity index (χ2v) is 7.88. The molecule has 0 aliphatic carbocycles. The first-order chi connectivity index (χ1) is 10.9. The maximum atomic E-state index is 12.4. The molecule has 0 saturated carbocycles. The van der Waals surface area contributed by atoms with Crippen molar-refractivity contribution in [1.29, 1.82) is 0 Å². The maximum absolute atomic E-state index is 12.4. The van der Waals surface area contributed by atoms with Crippen molar-refractivity contribution in [2.24, 2.45) is 0 Å². The average Bonchev–Trinajstić information content (AvgIpc) is 3.01. The van der Waals surface area contributed by atoms with Crippen molar-refractivity contribution < 1.29 is 19.4 Å². The molecule has 2 atom stereocenters. The van der Waals surface area contributed by atoms with Crippen molar-refractivity contribution >= 4 is 46.4 Å². The Morgan fingerprint density at radius 1 is 1.48 bits per heavy atom. The van der Waals surface area contributed by atoms with Gasteiger partial charge in [-0.15, -0.1) is 11.3 Å². The Kier molecular flexibility index (Phi) is 6.71. The predicted molar refractivity (Wildman–Crippen MR) is 90.4 cm³/mol. The van der Waals surface area contributed by atoms with E-state index in [1.807, 2.05) is 6.07 Å². The Morgan fingerprint density at radius 2 is 2.22 bits per heavy atom. The summed E-state index contributed by atoms with van der Waals surface area (Å²) in [6, 6.07) is 1.53. The first-order valence-electron chi connectivity index (χ1n) is 7.38. The molecule has 0 aromatic carbocycles. The number of halogens is 2. The average molecular weight is 380 g/mol. The van der Waals surface area contributed by atoms with E-state index in [0.717, 1.165) is 5.56 Å². The molecule has 0 spiro atoms.